The lowest BCUT2D eigenvalue weighted by Gasteiger charge is -2.30. The van der Waals surface area contributed by atoms with Gasteiger partial charge in [0, 0.05) is 25.6 Å². The summed E-state index contributed by atoms with van der Waals surface area (Å²) < 4.78 is 10.5. The van der Waals surface area contributed by atoms with Crippen molar-refractivity contribution in [3.8, 4) is 11.5 Å². The maximum Gasteiger partial charge on any atom is 0.222 e. The van der Waals surface area contributed by atoms with Gasteiger partial charge in [0.2, 0.25) is 5.91 Å². The molecule has 5 nitrogen and oxygen atoms in total. The zero-order valence-corrected chi connectivity index (χ0v) is 12.8. The topological polar surface area (TPSA) is 64.8 Å². The molecule has 0 aliphatic carbocycles. The first-order valence-electron chi connectivity index (χ1n) is 7.38. The highest BCUT2D eigenvalue weighted by atomic mass is 16.5. The van der Waals surface area contributed by atoms with Crippen molar-refractivity contribution in [2.24, 2.45) is 5.73 Å². The smallest absolute Gasteiger partial charge is 0.222 e. The predicted octanol–water partition coefficient (Wildman–Crippen LogP) is 1.59. The third-order valence-corrected chi connectivity index (χ3v) is 3.97. The number of methoxy groups -OCH3 is 2. The second-order valence-corrected chi connectivity index (χ2v) is 5.41. The van der Waals surface area contributed by atoms with Crippen LogP contribution in [0.3, 0.4) is 0 Å². The summed E-state index contributed by atoms with van der Waals surface area (Å²) in [5, 5.41) is 0. The Labute approximate surface area is 126 Å². The number of carbonyl (C=O) groups excluding carboxylic acids is 1. The number of ether oxygens (including phenoxy) is 2. The van der Waals surface area contributed by atoms with E-state index in [9.17, 15) is 4.79 Å². The fourth-order valence-corrected chi connectivity index (χ4v) is 2.59. The minimum absolute atomic E-state index is 0.205. The molecule has 0 spiro atoms. The van der Waals surface area contributed by atoms with Crippen molar-refractivity contribution in [1.82, 2.24) is 4.90 Å². The fraction of sp³-hybridized carbons (Fsp3) is 0.562. The highest BCUT2D eigenvalue weighted by molar-refractivity contribution is 5.76. The molecule has 1 heterocycles. The van der Waals surface area contributed by atoms with E-state index in [0.717, 1.165) is 31.5 Å². The van der Waals surface area contributed by atoms with E-state index in [1.165, 1.54) is 0 Å². The SMILES string of the molecule is COc1ccc(CCC(=O)N2CCC(N)CC2)cc1OC. The molecule has 1 aromatic carbocycles. The van der Waals surface area contributed by atoms with Gasteiger partial charge >= 0.3 is 0 Å². The Kier molecular flexibility index (Phi) is 5.44. The molecule has 1 aliphatic rings. The van der Waals surface area contributed by atoms with Crippen molar-refractivity contribution in [1.29, 1.82) is 0 Å². The summed E-state index contributed by atoms with van der Waals surface area (Å²) in [6.07, 6.45) is 3.04. The normalized spacial score (nSPS) is 15.9. The Morgan fingerprint density at radius 3 is 2.52 bits per heavy atom. The van der Waals surface area contributed by atoms with Gasteiger partial charge in [0.1, 0.15) is 0 Å². The van der Waals surface area contributed by atoms with Gasteiger partial charge in [-0.1, -0.05) is 6.07 Å². The molecule has 1 amide bonds. The third-order valence-electron chi connectivity index (χ3n) is 3.97. The van der Waals surface area contributed by atoms with Crippen LogP contribution in [0.1, 0.15) is 24.8 Å². The van der Waals surface area contributed by atoms with Crippen molar-refractivity contribution < 1.29 is 14.3 Å². The molecule has 0 aromatic heterocycles. The molecule has 2 rings (SSSR count). The van der Waals surface area contributed by atoms with Crippen LogP contribution in [0.15, 0.2) is 18.2 Å². The zero-order valence-electron chi connectivity index (χ0n) is 12.8. The Morgan fingerprint density at radius 2 is 1.90 bits per heavy atom. The number of benzene rings is 1. The van der Waals surface area contributed by atoms with E-state index < -0.39 is 0 Å². The summed E-state index contributed by atoms with van der Waals surface area (Å²) >= 11 is 0. The van der Waals surface area contributed by atoms with Crippen LogP contribution in [0.2, 0.25) is 0 Å². The first-order chi connectivity index (χ1) is 10.1. The Balaban J connectivity index is 1.89. The van der Waals surface area contributed by atoms with E-state index in [1.807, 2.05) is 23.1 Å². The van der Waals surface area contributed by atoms with Gasteiger partial charge in [-0.15, -0.1) is 0 Å². The first kappa shape index (κ1) is 15.6. The lowest BCUT2D eigenvalue weighted by molar-refractivity contribution is -0.132. The van der Waals surface area contributed by atoms with Crippen LogP contribution < -0.4 is 15.2 Å². The van der Waals surface area contributed by atoms with E-state index in [1.54, 1.807) is 14.2 Å². The van der Waals surface area contributed by atoms with Crippen LogP contribution in [0.5, 0.6) is 11.5 Å². The van der Waals surface area contributed by atoms with Gasteiger partial charge in [-0.2, -0.15) is 0 Å². The number of hydrogen-bond acceptors (Lipinski definition) is 4. The monoisotopic (exact) mass is 292 g/mol. The Bertz CT molecular complexity index is 482. The van der Waals surface area contributed by atoms with Crippen LogP contribution in [0.25, 0.3) is 0 Å². The molecule has 0 unspecified atom stereocenters. The maximum absolute atomic E-state index is 12.2. The van der Waals surface area contributed by atoms with Crippen LogP contribution in [0.4, 0.5) is 0 Å². The zero-order chi connectivity index (χ0) is 15.2. The Hall–Kier alpha value is -1.75. The van der Waals surface area contributed by atoms with Crippen LogP contribution >= 0.6 is 0 Å². The van der Waals surface area contributed by atoms with Gasteiger partial charge in [-0.05, 0) is 37.0 Å². The van der Waals surface area contributed by atoms with E-state index in [-0.39, 0.29) is 11.9 Å². The standard InChI is InChI=1S/C16H24N2O3/c1-20-14-5-3-12(11-15(14)21-2)4-6-16(19)18-9-7-13(17)8-10-18/h3,5,11,13H,4,6-10,17H2,1-2H3. The molecule has 0 atom stereocenters. The van der Waals surface area contributed by atoms with Gasteiger partial charge in [0.05, 0.1) is 14.2 Å². The van der Waals surface area contributed by atoms with Gasteiger partial charge in [0.25, 0.3) is 0 Å². The molecule has 1 saturated heterocycles. The number of nitrogens with two attached hydrogens (primary N) is 1. The van der Waals surface area contributed by atoms with Crippen molar-refractivity contribution in [3.63, 3.8) is 0 Å². The lowest BCUT2D eigenvalue weighted by atomic mass is 10.0. The molecular weight excluding hydrogens is 268 g/mol. The summed E-state index contributed by atoms with van der Waals surface area (Å²) in [7, 11) is 3.23. The summed E-state index contributed by atoms with van der Waals surface area (Å²) in [4.78, 5) is 14.1. The summed E-state index contributed by atoms with van der Waals surface area (Å²) in [6.45, 7) is 1.57. The molecule has 0 saturated carbocycles. The van der Waals surface area contributed by atoms with Crippen LogP contribution in [0, 0.1) is 0 Å². The number of nitrogens with zero attached hydrogens (tertiary/aromatic N) is 1. The van der Waals surface area contributed by atoms with Gasteiger partial charge in [-0.25, -0.2) is 0 Å². The molecule has 21 heavy (non-hydrogen) atoms. The summed E-state index contributed by atoms with van der Waals surface area (Å²) in [5.41, 5.74) is 6.94. The third kappa shape index (κ3) is 4.11. The molecule has 0 radical (unpaired) electrons. The number of amides is 1. The van der Waals surface area contributed by atoms with E-state index in [0.29, 0.717) is 24.3 Å². The molecule has 2 N–H and O–H groups in total. The minimum atomic E-state index is 0.205. The maximum atomic E-state index is 12.2. The fourth-order valence-electron chi connectivity index (χ4n) is 2.59. The van der Waals surface area contributed by atoms with Gasteiger partial charge < -0.3 is 20.1 Å². The number of carbonyl (C=O) groups is 1. The first-order valence-corrected chi connectivity index (χ1v) is 7.38. The second-order valence-electron chi connectivity index (χ2n) is 5.41. The highest BCUT2D eigenvalue weighted by Crippen LogP contribution is 2.28. The van der Waals surface area contributed by atoms with E-state index in [4.69, 9.17) is 15.2 Å². The largest absolute Gasteiger partial charge is 0.493 e. The molecule has 0 bridgehead atoms. The number of piperidine rings is 1. The molecule has 5 heteroatoms. The van der Waals surface area contributed by atoms with Crippen LogP contribution in [-0.4, -0.2) is 44.2 Å². The van der Waals surface area contributed by atoms with Crippen molar-refractivity contribution in [2.75, 3.05) is 27.3 Å². The average molecular weight is 292 g/mol. The van der Waals surface area contributed by atoms with E-state index in [2.05, 4.69) is 0 Å². The lowest BCUT2D eigenvalue weighted by Crippen LogP contribution is -2.42. The summed E-state index contributed by atoms with van der Waals surface area (Å²) in [6, 6.07) is 6.03. The average Bonchev–Trinajstić information content (AvgIpc) is 2.52. The minimum Gasteiger partial charge on any atom is -0.493 e. The van der Waals surface area contributed by atoms with Gasteiger partial charge in [-0.3, -0.25) is 4.79 Å². The van der Waals surface area contributed by atoms with Gasteiger partial charge in [0.15, 0.2) is 11.5 Å². The number of likely N-dealkylation sites (tertiary alicyclic amines) is 1. The Morgan fingerprint density at radius 1 is 1.24 bits per heavy atom. The molecule has 1 fully saturated rings. The second kappa shape index (κ2) is 7.31. The quantitative estimate of drug-likeness (QED) is 0.895. The summed E-state index contributed by atoms with van der Waals surface area (Å²) in [5.74, 6) is 1.61. The van der Waals surface area contributed by atoms with Crippen molar-refractivity contribution in [2.45, 2.75) is 31.7 Å². The number of aryl methyl sites for hydroxylation is 1. The van der Waals surface area contributed by atoms with Crippen molar-refractivity contribution >= 4 is 5.91 Å². The predicted molar refractivity (Wildman–Crippen MR) is 81.7 cm³/mol. The van der Waals surface area contributed by atoms with E-state index >= 15 is 0 Å². The van der Waals surface area contributed by atoms with Crippen LogP contribution in [-0.2, 0) is 11.2 Å². The molecular formula is C16H24N2O3. The molecule has 116 valence electrons. The van der Waals surface area contributed by atoms with Crippen molar-refractivity contribution in [3.05, 3.63) is 23.8 Å². The molecule has 1 aromatic rings. The highest BCUT2D eigenvalue weighted by Gasteiger charge is 2.20. The number of hydrogen-bond donors (Lipinski definition) is 1. The molecule has 1 aliphatic heterocycles. The number of rotatable bonds is 5.